The second-order valence-electron chi connectivity index (χ2n) is 5.79. The van der Waals surface area contributed by atoms with Gasteiger partial charge in [-0.2, -0.15) is 0 Å². The number of carbonyl (C=O) groups is 1. The molecule has 2 heterocycles. The largest absolute Gasteiger partial charge is 0.323 e. The SMILES string of the molecule is Cc1nc2sccn2c(=O)c1NC(=O)Nc1ccc(C(C)C)cc1. The molecule has 0 saturated heterocycles. The van der Waals surface area contributed by atoms with Gasteiger partial charge in [0.05, 0.1) is 5.69 Å². The quantitative estimate of drug-likeness (QED) is 0.759. The molecule has 3 aromatic rings. The van der Waals surface area contributed by atoms with Gasteiger partial charge in [0.1, 0.15) is 5.69 Å². The maximum Gasteiger partial charge on any atom is 0.323 e. The Kier molecular flexibility index (Phi) is 4.35. The molecule has 0 saturated carbocycles. The van der Waals surface area contributed by atoms with Crippen molar-refractivity contribution in [2.24, 2.45) is 0 Å². The highest BCUT2D eigenvalue weighted by Gasteiger charge is 2.13. The fourth-order valence-corrected chi connectivity index (χ4v) is 3.10. The van der Waals surface area contributed by atoms with Gasteiger partial charge in [-0.1, -0.05) is 26.0 Å². The van der Waals surface area contributed by atoms with Gasteiger partial charge in [0.2, 0.25) is 0 Å². The van der Waals surface area contributed by atoms with E-state index in [0.29, 0.717) is 22.3 Å². The van der Waals surface area contributed by atoms with Crippen molar-refractivity contribution in [1.29, 1.82) is 0 Å². The van der Waals surface area contributed by atoms with Gasteiger partial charge in [0.15, 0.2) is 4.96 Å². The molecule has 2 aromatic heterocycles. The zero-order valence-electron chi connectivity index (χ0n) is 13.7. The van der Waals surface area contributed by atoms with Crippen molar-refractivity contribution in [2.75, 3.05) is 10.6 Å². The van der Waals surface area contributed by atoms with E-state index in [1.165, 1.54) is 21.3 Å². The van der Waals surface area contributed by atoms with Gasteiger partial charge in [-0.3, -0.25) is 9.20 Å². The van der Waals surface area contributed by atoms with Crippen molar-refractivity contribution in [3.63, 3.8) is 0 Å². The Labute approximate surface area is 143 Å². The standard InChI is InChI=1S/C17H18N4O2S/c1-10(2)12-4-6-13(7-5-12)19-16(23)20-14-11(3)18-17-21(15(14)22)8-9-24-17/h4-10H,1-3H3,(H2,19,20,23). The first-order chi connectivity index (χ1) is 11.5. The van der Waals surface area contributed by atoms with Crippen LogP contribution in [0.1, 0.15) is 31.0 Å². The van der Waals surface area contributed by atoms with Crippen LogP contribution >= 0.6 is 11.3 Å². The van der Waals surface area contributed by atoms with Crippen LogP contribution in [0.5, 0.6) is 0 Å². The third-order valence-corrected chi connectivity index (χ3v) is 4.48. The van der Waals surface area contributed by atoms with E-state index in [2.05, 4.69) is 29.5 Å². The summed E-state index contributed by atoms with van der Waals surface area (Å²) in [5.74, 6) is 0.430. The second-order valence-corrected chi connectivity index (χ2v) is 6.66. The van der Waals surface area contributed by atoms with Crippen molar-refractivity contribution < 1.29 is 4.79 Å². The minimum atomic E-state index is -0.468. The number of hydrogen-bond donors (Lipinski definition) is 2. The lowest BCUT2D eigenvalue weighted by atomic mass is 10.0. The van der Waals surface area contributed by atoms with E-state index in [4.69, 9.17) is 0 Å². The molecular weight excluding hydrogens is 324 g/mol. The summed E-state index contributed by atoms with van der Waals surface area (Å²) in [7, 11) is 0. The van der Waals surface area contributed by atoms with Crippen molar-refractivity contribution in [2.45, 2.75) is 26.7 Å². The Bertz CT molecular complexity index is 941. The summed E-state index contributed by atoms with van der Waals surface area (Å²) in [4.78, 5) is 29.5. The molecule has 2 amide bonds. The smallest absolute Gasteiger partial charge is 0.308 e. The first-order valence-corrected chi connectivity index (χ1v) is 8.48. The monoisotopic (exact) mass is 342 g/mol. The maximum absolute atomic E-state index is 12.4. The first-order valence-electron chi connectivity index (χ1n) is 7.60. The number of aromatic nitrogens is 2. The molecule has 0 bridgehead atoms. The van der Waals surface area contributed by atoms with E-state index in [0.717, 1.165) is 0 Å². The fraction of sp³-hybridized carbons (Fsp3) is 0.235. The third kappa shape index (κ3) is 3.16. The molecule has 0 aliphatic rings. The van der Waals surface area contributed by atoms with Crippen LogP contribution in [0.2, 0.25) is 0 Å². The summed E-state index contributed by atoms with van der Waals surface area (Å²) in [6, 6.07) is 7.16. The van der Waals surface area contributed by atoms with Crippen LogP contribution in [0.4, 0.5) is 16.2 Å². The minimum absolute atomic E-state index is 0.183. The summed E-state index contributed by atoms with van der Waals surface area (Å²) in [5.41, 5.74) is 2.25. The average Bonchev–Trinajstić information content (AvgIpc) is 3.00. The summed E-state index contributed by atoms with van der Waals surface area (Å²) in [6.07, 6.45) is 1.64. The highest BCUT2D eigenvalue weighted by molar-refractivity contribution is 7.15. The van der Waals surface area contributed by atoms with Crippen LogP contribution in [0, 0.1) is 6.92 Å². The highest BCUT2D eigenvalue weighted by Crippen LogP contribution is 2.17. The molecule has 0 fully saturated rings. The predicted molar refractivity (Wildman–Crippen MR) is 97.2 cm³/mol. The normalized spacial score (nSPS) is 11.0. The maximum atomic E-state index is 12.4. The number of hydrogen-bond acceptors (Lipinski definition) is 4. The Hall–Kier alpha value is -2.67. The Morgan fingerprint density at radius 1 is 1.21 bits per heavy atom. The van der Waals surface area contributed by atoms with E-state index in [1.807, 2.05) is 24.3 Å². The molecule has 1 aromatic carbocycles. The molecule has 0 spiro atoms. The van der Waals surface area contributed by atoms with E-state index < -0.39 is 6.03 Å². The molecule has 6 nitrogen and oxygen atoms in total. The molecule has 0 unspecified atom stereocenters. The van der Waals surface area contributed by atoms with Gasteiger partial charge in [0.25, 0.3) is 5.56 Å². The van der Waals surface area contributed by atoms with Crippen LogP contribution in [-0.2, 0) is 0 Å². The highest BCUT2D eigenvalue weighted by atomic mass is 32.1. The number of aryl methyl sites for hydroxylation is 1. The molecule has 3 rings (SSSR count). The number of benzene rings is 1. The zero-order valence-corrected chi connectivity index (χ0v) is 14.5. The molecule has 24 heavy (non-hydrogen) atoms. The van der Waals surface area contributed by atoms with Gasteiger partial charge in [0, 0.05) is 17.3 Å². The van der Waals surface area contributed by atoms with Crippen LogP contribution in [0.25, 0.3) is 4.96 Å². The first kappa shape index (κ1) is 16.2. The van der Waals surface area contributed by atoms with Crippen LogP contribution < -0.4 is 16.2 Å². The van der Waals surface area contributed by atoms with Gasteiger partial charge >= 0.3 is 6.03 Å². The van der Waals surface area contributed by atoms with Crippen molar-refractivity contribution in [3.8, 4) is 0 Å². The number of fused-ring (bicyclic) bond motifs is 1. The lowest BCUT2D eigenvalue weighted by Gasteiger charge is -2.10. The van der Waals surface area contributed by atoms with E-state index in [1.54, 1.807) is 18.5 Å². The predicted octanol–water partition coefficient (Wildman–Crippen LogP) is 3.83. The molecule has 7 heteroatoms. The van der Waals surface area contributed by atoms with Gasteiger partial charge in [-0.15, -0.1) is 11.3 Å². The molecule has 0 aliphatic heterocycles. The second kappa shape index (κ2) is 6.45. The van der Waals surface area contributed by atoms with Crippen LogP contribution in [0.15, 0.2) is 40.6 Å². The summed E-state index contributed by atoms with van der Waals surface area (Å²) < 4.78 is 1.42. The van der Waals surface area contributed by atoms with Crippen molar-refractivity contribution in [1.82, 2.24) is 9.38 Å². The molecule has 2 N–H and O–H groups in total. The van der Waals surface area contributed by atoms with Gasteiger partial charge < -0.3 is 10.6 Å². The van der Waals surface area contributed by atoms with Crippen molar-refractivity contribution >= 4 is 33.7 Å². The fourth-order valence-electron chi connectivity index (χ4n) is 2.35. The number of carbonyl (C=O) groups excluding carboxylic acids is 1. The summed E-state index contributed by atoms with van der Waals surface area (Å²) in [5, 5.41) is 7.12. The molecule has 0 radical (unpaired) electrons. The molecule has 0 aliphatic carbocycles. The number of rotatable bonds is 3. The van der Waals surface area contributed by atoms with E-state index in [-0.39, 0.29) is 11.2 Å². The number of urea groups is 1. The van der Waals surface area contributed by atoms with Crippen LogP contribution in [0.3, 0.4) is 0 Å². The summed E-state index contributed by atoms with van der Waals surface area (Å²) >= 11 is 1.37. The Balaban J connectivity index is 1.79. The van der Waals surface area contributed by atoms with Crippen molar-refractivity contribution in [3.05, 3.63) is 57.5 Å². The number of nitrogens with zero attached hydrogens (tertiary/aromatic N) is 2. The number of anilines is 2. The van der Waals surface area contributed by atoms with Gasteiger partial charge in [-0.05, 0) is 30.5 Å². The number of thiazole rings is 1. The zero-order chi connectivity index (χ0) is 17.3. The third-order valence-electron chi connectivity index (χ3n) is 3.72. The average molecular weight is 342 g/mol. The Morgan fingerprint density at radius 3 is 2.58 bits per heavy atom. The topological polar surface area (TPSA) is 75.5 Å². The van der Waals surface area contributed by atoms with E-state index in [9.17, 15) is 9.59 Å². The van der Waals surface area contributed by atoms with E-state index >= 15 is 0 Å². The summed E-state index contributed by atoms with van der Waals surface area (Å²) in [6.45, 7) is 5.92. The van der Waals surface area contributed by atoms with Gasteiger partial charge in [-0.25, -0.2) is 9.78 Å². The van der Waals surface area contributed by atoms with Crippen LogP contribution in [-0.4, -0.2) is 15.4 Å². The molecule has 0 atom stereocenters. The number of amides is 2. The number of nitrogens with one attached hydrogen (secondary N) is 2. The lowest BCUT2D eigenvalue weighted by Crippen LogP contribution is -2.27. The Morgan fingerprint density at radius 2 is 1.92 bits per heavy atom. The lowest BCUT2D eigenvalue weighted by molar-refractivity contribution is 0.262. The molecular formula is C17H18N4O2S. The minimum Gasteiger partial charge on any atom is -0.308 e. The molecule has 124 valence electrons.